The molecule has 4 N–H and O–H groups in total. The summed E-state index contributed by atoms with van der Waals surface area (Å²) in [6.07, 6.45) is 4.99. The van der Waals surface area contributed by atoms with Crippen LogP contribution in [0.4, 0.5) is 10.5 Å². The molecule has 3 amide bonds. The average molecular weight is 583 g/mol. The molecule has 0 saturated heterocycles. The number of nitrogens with one attached hydrogen (secondary N) is 3. The van der Waals surface area contributed by atoms with Crippen molar-refractivity contribution in [1.82, 2.24) is 15.6 Å². The lowest BCUT2D eigenvalue weighted by Crippen LogP contribution is -2.46. The highest BCUT2D eigenvalue weighted by Gasteiger charge is 2.24. The number of aromatic carboxylic acids is 1. The number of ether oxygens (including phenoxy) is 2. The summed E-state index contributed by atoms with van der Waals surface area (Å²) >= 11 is 0. The van der Waals surface area contributed by atoms with E-state index >= 15 is 0 Å². The molecule has 0 unspecified atom stereocenters. The fourth-order valence-electron chi connectivity index (χ4n) is 5.01. The smallest absolute Gasteiger partial charge is 0.337 e. The lowest BCUT2D eigenvalue weighted by Gasteiger charge is -2.29. The Morgan fingerprint density at radius 2 is 1.58 bits per heavy atom. The second-order valence-corrected chi connectivity index (χ2v) is 10.8. The van der Waals surface area contributed by atoms with Gasteiger partial charge in [0.1, 0.15) is 11.5 Å². The molecular weight excluding hydrogens is 548 g/mol. The minimum atomic E-state index is -1.13. The number of nitrogens with zero attached hydrogens (tertiary/aromatic N) is 1. The number of carboxylic acids is 1. The van der Waals surface area contributed by atoms with Crippen molar-refractivity contribution in [3.63, 3.8) is 0 Å². The van der Waals surface area contributed by atoms with Crippen molar-refractivity contribution < 1.29 is 29.0 Å². The summed E-state index contributed by atoms with van der Waals surface area (Å²) in [7, 11) is 0. The Morgan fingerprint density at radius 3 is 2.26 bits per heavy atom. The van der Waals surface area contributed by atoms with Gasteiger partial charge in [0.2, 0.25) is 5.88 Å². The number of rotatable bonds is 9. The first-order chi connectivity index (χ1) is 20.7. The van der Waals surface area contributed by atoms with Gasteiger partial charge in [0.25, 0.3) is 5.91 Å². The number of urea groups is 1. The van der Waals surface area contributed by atoms with Crippen LogP contribution >= 0.6 is 0 Å². The van der Waals surface area contributed by atoms with Crippen molar-refractivity contribution in [2.24, 2.45) is 0 Å². The van der Waals surface area contributed by atoms with Crippen LogP contribution in [0.15, 0.2) is 79.0 Å². The van der Waals surface area contributed by atoms with Gasteiger partial charge in [-0.05, 0) is 92.8 Å². The average Bonchev–Trinajstić information content (AvgIpc) is 2.98. The number of carboxylic acid groups (broad SMARTS) is 1. The Kier molecular flexibility index (Phi) is 9.05. The van der Waals surface area contributed by atoms with E-state index in [0.717, 1.165) is 42.2 Å². The third-order valence-electron chi connectivity index (χ3n) is 7.14. The summed E-state index contributed by atoms with van der Waals surface area (Å²) in [6, 6.07) is 21.1. The molecule has 1 saturated carbocycles. The number of hydrogen-bond donors (Lipinski definition) is 4. The summed E-state index contributed by atoms with van der Waals surface area (Å²) < 4.78 is 12.2. The Labute approximate surface area is 249 Å². The van der Waals surface area contributed by atoms with Gasteiger partial charge in [-0.3, -0.25) is 4.79 Å². The van der Waals surface area contributed by atoms with E-state index in [-0.39, 0.29) is 41.0 Å². The van der Waals surface area contributed by atoms with E-state index in [1.807, 2.05) is 50.2 Å². The predicted octanol–water partition coefficient (Wildman–Crippen LogP) is 6.38. The van der Waals surface area contributed by atoms with E-state index in [0.29, 0.717) is 11.6 Å². The maximum Gasteiger partial charge on any atom is 0.337 e. The predicted molar refractivity (Wildman–Crippen MR) is 163 cm³/mol. The number of carbonyl (C=O) groups excluding carboxylic acids is 2. The molecule has 1 fully saturated rings. The number of benzene rings is 3. The van der Waals surface area contributed by atoms with E-state index in [4.69, 9.17) is 9.47 Å². The molecule has 0 atom stereocenters. The zero-order valence-electron chi connectivity index (χ0n) is 24.0. The lowest BCUT2D eigenvalue weighted by molar-refractivity contribution is 0.0698. The fourth-order valence-corrected chi connectivity index (χ4v) is 5.01. The number of para-hydroxylation sites is 1. The van der Waals surface area contributed by atoms with Crippen LogP contribution in [0.2, 0.25) is 0 Å². The fraction of sp³-hybridized carbons (Fsp3) is 0.273. The Bertz CT molecular complexity index is 1610. The van der Waals surface area contributed by atoms with Crippen LogP contribution in [0.5, 0.6) is 17.4 Å². The standard InChI is InChI=1S/C33H34N4O6/c1-20(2)35-33(41)36-24-10-14-25(15-11-24)42-26-12-7-22-18-27(13-8-21(22)17-26)43-30-16-9-23(19-34-30)31(38)37-29-6-4-3-5-28(29)32(39)40/h3-9,12-13,16-20,24-25H,10-11,14-15H2,1-2H3,(H,37,38)(H,39,40)(H2,35,36,41). The van der Waals surface area contributed by atoms with Crippen LogP contribution in [-0.4, -0.2) is 46.2 Å². The minimum Gasteiger partial charge on any atom is -0.490 e. The molecule has 1 aliphatic carbocycles. The molecule has 5 rings (SSSR count). The van der Waals surface area contributed by atoms with Gasteiger partial charge in [-0.1, -0.05) is 24.3 Å². The van der Waals surface area contributed by atoms with Gasteiger partial charge in [-0.15, -0.1) is 0 Å². The van der Waals surface area contributed by atoms with Crippen LogP contribution in [0.1, 0.15) is 60.2 Å². The lowest BCUT2D eigenvalue weighted by atomic mass is 9.93. The normalized spacial score (nSPS) is 16.3. The first-order valence-electron chi connectivity index (χ1n) is 14.3. The van der Waals surface area contributed by atoms with Crippen LogP contribution in [0, 0.1) is 0 Å². The first kappa shape index (κ1) is 29.4. The maximum absolute atomic E-state index is 12.6. The Morgan fingerprint density at radius 1 is 0.884 bits per heavy atom. The molecule has 3 aromatic carbocycles. The molecule has 1 aromatic heterocycles. The Hall–Kier alpha value is -5.12. The zero-order chi connectivity index (χ0) is 30.3. The molecule has 10 nitrogen and oxygen atoms in total. The number of anilines is 1. The van der Waals surface area contributed by atoms with Gasteiger partial charge in [-0.2, -0.15) is 0 Å². The number of carbonyl (C=O) groups is 3. The van der Waals surface area contributed by atoms with Gasteiger partial charge in [0.15, 0.2) is 0 Å². The largest absolute Gasteiger partial charge is 0.490 e. The molecule has 222 valence electrons. The van der Waals surface area contributed by atoms with Gasteiger partial charge in [0, 0.05) is 24.3 Å². The summed E-state index contributed by atoms with van der Waals surface area (Å²) in [5.41, 5.74) is 0.473. The second kappa shape index (κ2) is 13.2. The number of aromatic nitrogens is 1. The molecule has 4 aromatic rings. The number of fused-ring (bicyclic) bond motifs is 1. The van der Waals surface area contributed by atoms with Crippen LogP contribution in [0.3, 0.4) is 0 Å². The highest BCUT2D eigenvalue weighted by atomic mass is 16.5. The molecule has 0 radical (unpaired) electrons. The maximum atomic E-state index is 12.6. The topological polar surface area (TPSA) is 139 Å². The van der Waals surface area contributed by atoms with E-state index in [9.17, 15) is 19.5 Å². The first-order valence-corrected chi connectivity index (χ1v) is 14.3. The number of hydrogen-bond acceptors (Lipinski definition) is 6. The van der Waals surface area contributed by atoms with Crippen molar-refractivity contribution >= 4 is 34.4 Å². The van der Waals surface area contributed by atoms with E-state index in [1.54, 1.807) is 24.3 Å². The number of amides is 3. The second-order valence-electron chi connectivity index (χ2n) is 10.8. The van der Waals surface area contributed by atoms with Gasteiger partial charge in [0.05, 0.1) is 22.9 Å². The van der Waals surface area contributed by atoms with Crippen molar-refractivity contribution in [3.8, 4) is 17.4 Å². The van der Waals surface area contributed by atoms with Crippen molar-refractivity contribution in [2.75, 3.05) is 5.32 Å². The van der Waals surface area contributed by atoms with Crippen LogP contribution < -0.4 is 25.4 Å². The van der Waals surface area contributed by atoms with Crippen molar-refractivity contribution in [3.05, 3.63) is 90.1 Å². The Balaban J connectivity index is 1.15. The van der Waals surface area contributed by atoms with E-state index in [1.165, 1.54) is 18.3 Å². The molecule has 0 spiro atoms. The SMILES string of the molecule is CC(C)NC(=O)NC1CCC(Oc2ccc3cc(Oc4ccc(C(=O)Nc5ccccc5C(=O)O)cn4)ccc3c2)CC1. The molecule has 0 aliphatic heterocycles. The molecule has 43 heavy (non-hydrogen) atoms. The third-order valence-corrected chi connectivity index (χ3v) is 7.14. The van der Waals surface area contributed by atoms with E-state index in [2.05, 4.69) is 20.9 Å². The molecule has 0 bridgehead atoms. The zero-order valence-corrected chi connectivity index (χ0v) is 24.0. The summed E-state index contributed by atoms with van der Waals surface area (Å²) in [4.78, 5) is 40.2. The molecule has 1 aliphatic rings. The molecule has 1 heterocycles. The van der Waals surface area contributed by atoms with Gasteiger partial charge in [-0.25, -0.2) is 14.6 Å². The summed E-state index contributed by atoms with van der Waals surface area (Å²) in [6.45, 7) is 3.88. The highest BCUT2D eigenvalue weighted by molar-refractivity contribution is 6.07. The minimum absolute atomic E-state index is 0.00280. The van der Waals surface area contributed by atoms with Crippen molar-refractivity contribution in [2.45, 2.75) is 57.7 Å². The van der Waals surface area contributed by atoms with E-state index < -0.39 is 11.9 Å². The number of pyridine rings is 1. The third kappa shape index (κ3) is 7.79. The summed E-state index contributed by atoms with van der Waals surface area (Å²) in [5.74, 6) is 0.103. The van der Waals surface area contributed by atoms with Crippen LogP contribution in [0.25, 0.3) is 10.8 Å². The monoisotopic (exact) mass is 582 g/mol. The molecular formula is C33H34N4O6. The molecule has 10 heteroatoms. The van der Waals surface area contributed by atoms with Gasteiger partial charge < -0.3 is 30.5 Å². The highest BCUT2D eigenvalue weighted by Crippen LogP contribution is 2.30. The van der Waals surface area contributed by atoms with Gasteiger partial charge >= 0.3 is 12.0 Å². The van der Waals surface area contributed by atoms with Crippen molar-refractivity contribution in [1.29, 1.82) is 0 Å². The quantitative estimate of drug-likeness (QED) is 0.180. The summed E-state index contributed by atoms with van der Waals surface area (Å²) in [5, 5.41) is 19.8. The van der Waals surface area contributed by atoms with Crippen LogP contribution in [-0.2, 0) is 0 Å².